The van der Waals surface area contributed by atoms with Crippen LogP contribution in [0.2, 0.25) is 0 Å². The Labute approximate surface area is 88.1 Å². The predicted octanol–water partition coefficient (Wildman–Crippen LogP) is 2.48. The topological polar surface area (TPSA) is 26.3 Å². The van der Waals surface area contributed by atoms with Gasteiger partial charge in [0.2, 0.25) is 0 Å². The van der Waals surface area contributed by atoms with Crippen LogP contribution >= 0.6 is 0 Å². The van der Waals surface area contributed by atoms with Gasteiger partial charge in [-0.15, -0.1) is 0 Å². The van der Waals surface area contributed by atoms with Crippen LogP contribution in [0.15, 0.2) is 30.3 Å². The van der Waals surface area contributed by atoms with E-state index in [-0.39, 0.29) is 24.9 Å². The summed E-state index contributed by atoms with van der Waals surface area (Å²) in [6, 6.07) is 9.47. The van der Waals surface area contributed by atoms with Crippen molar-refractivity contribution in [2.45, 2.75) is 25.6 Å². The first-order chi connectivity index (χ1) is 7.25. The van der Waals surface area contributed by atoms with E-state index in [0.29, 0.717) is 6.42 Å². The van der Waals surface area contributed by atoms with Gasteiger partial charge >= 0.3 is 5.97 Å². The third kappa shape index (κ3) is 3.05. The van der Waals surface area contributed by atoms with E-state index < -0.39 is 6.17 Å². The Bertz CT molecular complexity index is 337. The Morgan fingerprint density at radius 1 is 1.40 bits per heavy atom. The maximum absolute atomic E-state index is 12.5. The predicted molar refractivity (Wildman–Crippen MR) is 53.9 cm³/mol. The fourth-order valence-corrected chi connectivity index (χ4v) is 1.43. The maximum Gasteiger partial charge on any atom is 0.306 e. The van der Waals surface area contributed by atoms with Crippen molar-refractivity contribution in [2.75, 3.05) is 0 Å². The van der Waals surface area contributed by atoms with Gasteiger partial charge in [0.05, 0.1) is 6.42 Å². The lowest BCUT2D eigenvalue weighted by atomic mass is 10.2. The Morgan fingerprint density at radius 2 is 2.07 bits per heavy atom. The van der Waals surface area contributed by atoms with E-state index >= 15 is 0 Å². The Morgan fingerprint density at radius 3 is 2.67 bits per heavy atom. The van der Waals surface area contributed by atoms with Crippen LogP contribution in [-0.4, -0.2) is 12.1 Å². The number of benzene rings is 1. The van der Waals surface area contributed by atoms with Gasteiger partial charge < -0.3 is 4.74 Å². The van der Waals surface area contributed by atoms with Crippen LogP contribution in [0, 0.1) is 5.92 Å². The van der Waals surface area contributed by atoms with Crippen molar-refractivity contribution in [1.82, 2.24) is 0 Å². The van der Waals surface area contributed by atoms with Crippen molar-refractivity contribution in [1.29, 1.82) is 0 Å². The third-order valence-corrected chi connectivity index (χ3v) is 2.51. The van der Waals surface area contributed by atoms with E-state index in [1.54, 1.807) is 0 Å². The lowest BCUT2D eigenvalue weighted by Crippen LogP contribution is -2.05. The van der Waals surface area contributed by atoms with Crippen LogP contribution in [0.4, 0.5) is 4.39 Å². The van der Waals surface area contributed by atoms with Crippen molar-refractivity contribution < 1.29 is 13.9 Å². The van der Waals surface area contributed by atoms with E-state index in [1.807, 2.05) is 30.3 Å². The molecule has 0 saturated heterocycles. The molecular formula is C12H13FO2. The number of halogens is 1. The minimum atomic E-state index is -0.783. The number of alkyl halides is 1. The number of ether oxygens (including phenoxy) is 1. The standard InChI is InChI=1S/C12H13FO2/c13-11-6-10(11)7-12(14)15-8-9-4-2-1-3-5-9/h1-5,10-11H,6-8H2. The second kappa shape index (κ2) is 4.43. The molecule has 0 spiro atoms. The van der Waals surface area contributed by atoms with Gasteiger partial charge in [0.25, 0.3) is 0 Å². The number of carbonyl (C=O) groups is 1. The highest BCUT2D eigenvalue weighted by molar-refractivity contribution is 5.70. The maximum atomic E-state index is 12.5. The summed E-state index contributed by atoms with van der Waals surface area (Å²) in [6.45, 7) is 0.281. The van der Waals surface area contributed by atoms with Crippen LogP contribution < -0.4 is 0 Å². The SMILES string of the molecule is O=C(CC1CC1F)OCc1ccccc1. The molecule has 0 radical (unpaired) electrons. The first-order valence-electron chi connectivity index (χ1n) is 5.09. The largest absolute Gasteiger partial charge is 0.461 e. The smallest absolute Gasteiger partial charge is 0.306 e. The molecule has 0 bridgehead atoms. The van der Waals surface area contributed by atoms with Crippen molar-refractivity contribution in [3.05, 3.63) is 35.9 Å². The summed E-state index contributed by atoms with van der Waals surface area (Å²) < 4.78 is 17.5. The van der Waals surface area contributed by atoms with Crippen molar-refractivity contribution in [3.63, 3.8) is 0 Å². The molecule has 15 heavy (non-hydrogen) atoms. The van der Waals surface area contributed by atoms with E-state index in [2.05, 4.69) is 0 Å². The van der Waals surface area contributed by atoms with Crippen LogP contribution in [-0.2, 0) is 16.1 Å². The summed E-state index contributed by atoms with van der Waals surface area (Å²) in [5.41, 5.74) is 0.957. The average Bonchev–Trinajstić information content (AvgIpc) is 2.93. The molecule has 1 saturated carbocycles. The summed E-state index contributed by atoms with van der Waals surface area (Å²) in [7, 11) is 0. The number of carbonyl (C=O) groups excluding carboxylic acids is 1. The summed E-state index contributed by atoms with van der Waals surface area (Å²) in [5, 5.41) is 0. The molecule has 0 heterocycles. The molecule has 2 rings (SSSR count). The van der Waals surface area contributed by atoms with E-state index in [0.717, 1.165) is 5.56 Å². The zero-order valence-corrected chi connectivity index (χ0v) is 8.36. The van der Waals surface area contributed by atoms with Crippen molar-refractivity contribution in [2.24, 2.45) is 5.92 Å². The molecule has 0 amide bonds. The minimum absolute atomic E-state index is 0.0896. The molecular weight excluding hydrogens is 195 g/mol. The van der Waals surface area contributed by atoms with E-state index in [4.69, 9.17) is 4.74 Å². The summed E-state index contributed by atoms with van der Waals surface area (Å²) >= 11 is 0. The normalized spacial score (nSPS) is 23.5. The summed E-state index contributed by atoms with van der Waals surface area (Å²) in [6.07, 6.45) is -0.0525. The molecule has 2 atom stereocenters. The Hall–Kier alpha value is -1.38. The second-order valence-corrected chi connectivity index (χ2v) is 3.86. The van der Waals surface area contributed by atoms with Gasteiger partial charge in [0.1, 0.15) is 12.8 Å². The molecule has 0 N–H and O–H groups in total. The highest BCUT2D eigenvalue weighted by atomic mass is 19.1. The monoisotopic (exact) mass is 208 g/mol. The molecule has 1 aliphatic rings. The Kier molecular flexibility index (Phi) is 2.99. The number of rotatable bonds is 4. The molecule has 1 aliphatic carbocycles. The van der Waals surface area contributed by atoms with E-state index in [1.165, 1.54) is 0 Å². The first kappa shape index (κ1) is 10.1. The van der Waals surface area contributed by atoms with Crippen molar-refractivity contribution >= 4 is 5.97 Å². The molecule has 80 valence electrons. The van der Waals surface area contributed by atoms with Gasteiger partial charge in [0, 0.05) is 5.92 Å². The first-order valence-corrected chi connectivity index (χ1v) is 5.09. The Balaban J connectivity index is 1.71. The number of hydrogen-bond acceptors (Lipinski definition) is 2. The molecule has 0 aromatic heterocycles. The fraction of sp³-hybridized carbons (Fsp3) is 0.417. The zero-order chi connectivity index (χ0) is 10.7. The second-order valence-electron chi connectivity index (χ2n) is 3.86. The molecule has 2 nitrogen and oxygen atoms in total. The highest BCUT2D eigenvalue weighted by Crippen LogP contribution is 2.36. The van der Waals surface area contributed by atoms with Crippen LogP contribution in [0.25, 0.3) is 0 Å². The van der Waals surface area contributed by atoms with Crippen LogP contribution in [0.1, 0.15) is 18.4 Å². The number of hydrogen-bond donors (Lipinski definition) is 0. The van der Waals surface area contributed by atoms with Gasteiger partial charge in [-0.1, -0.05) is 30.3 Å². The minimum Gasteiger partial charge on any atom is -0.461 e. The zero-order valence-electron chi connectivity index (χ0n) is 8.36. The molecule has 2 unspecified atom stereocenters. The number of esters is 1. The molecule has 1 fully saturated rings. The third-order valence-electron chi connectivity index (χ3n) is 2.51. The van der Waals surface area contributed by atoms with Gasteiger partial charge in [-0.3, -0.25) is 4.79 Å². The van der Waals surface area contributed by atoms with Gasteiger partial charge in [-0.05, 0) is 12.0 Å². The lowest BCUT2D eigenvalue weighted by Gasteiger charge is -2.03. The molecule has 1 aromatic rings. The summed E-state index contributed by atoms with van der Waals surface area (Å²) in [5.74, 6) is -0.391. The van der Waals surface area contributed by atoms with E-state index in [9.17, 15) is 9.18 Å². The fourth-order valence-electron chi connectivity index (χ4n) is 1.43. The quantitative estimate of drug-likeness (QED) is 0.710. The van der Waals surface area contributed by atoms with Gasteiger partial charge in [-0.25, -0.2) is 4.39 Å². The summed E-state index contributed by atoms with van der Waals surface area (Å²) in [4.78, 5) is 11.2. The van der Waals surface area contributed by atoms with Crippen LogP contribution in [0.3, 0.4) is 0 Å². The van der Waals surface area contributed by atoms with Crippen molar-refractivity contribution in [3.8, 4) is 0 Å². The molecule has 0 aliphatic heterocycles. The molecule has 1 aromatic carbocycles. The molecule has 3 heteroatoms. The van der Waals surface area contributed by atoms with Gasteiger partial charge in [0.15, 0.2) is 0 Å². The lowest BCUT2D eigenvalue weighted by molar-refractivity contribution is -0.145. The van der Waals surface area contributed by atoms with Gasteiger partial charge in [-0.2, -0.15) is 0 Å². The highest BCUT2D eigenvalue weighted by Gasteiger charge is 2.39. The average molecular weight is 208 g/mol. The van der Waals surface area contributed by atoms with Crippen LogP contribution in [0.5, 0.6) is 0 Å².